The fraction of sp³-hybridized carbons (Fsp3) is 0.800. The van der Waals surface area contributed by atoms with Gasteiger partial charge in [0.2, 0.25) is 0 Å². The second-order valence-corrected chi connectivity index (χ2v) is 2.53. The van der Waals surface area contributed by atoms with E-state index in [9.17, 15) is 0 Å². The van der Waals surface area contributed by atoms with E-state index in [0.717, 1.165) is 26.1 Å². The van der Waals surface area contributed by atoms with Gasteiger partial charge >= 0.3 is 0 Å². The molecule has 0 fully saturated rings. The molecule has 0 bridgehead atoms. The van der Waals surface area contributed by atoms with Gasteiger partial charge < -0.3 is 14.8 Å². The molecular formula is C10H19NO2. The largest absolute Gasteiger partial charge is 0.382 e. The molecule has 3 heteroatoms. The molecule has 3 nitrogen and oxygen atoms in total. The summed E-state index contributed by atoms with van der Waals surface area (Å²) in [6, 6.07) is 0. The first-order chi connectivity index (χ1) is 6.41. The van der Waals surface area contributed by atoms with Gasteiger partial charge in [-0.2, -0.15) is 0 Å². The van der Waals surface area contributed by atoms with E-state index in [2.05, 4.69) is 17.2 Å². The summed E-state index contributed by atoms with van der Waals surface area (Å²) >= 11 is 0. The van der Waals surface area contributed by atoms with E-state index < -0.39 is 0 Å². The van der Waals surface area contributed by atoms with E-state index >= 15 is 0 Å². The number of methoxy groups -OCH3 is 1. The lowest BCUT2D eigenvalue weighted by Crippen LogP contribution is -2.21. The van der Waals surface area contributed by atoms with Crippen LogP contribution in [0.4, 0.5) is 0 Å². The first-order valence-corrected chi connectivity index (χ1v) is 4.58. The molecule has 0 unspecified atom stereocenters. The minimum Gasteiger partial charge on any atom is -0.382 e. The molecule has 1 N–H and O–H groups in total. The van der Waals surface area contributed by atoms with Gasteiger partial charge in [0.05, 0.1) is 19.8 Å². The van der Waals surface area contributed by atoms with Crippen LogP contribution in [0.2, 0.25) is 0 Å². The lowest BCUT2D eigenvalue weighted by molar-refractivity contribution is 0.0721. The van der Waals surface area contributed by atoms with E-state index in [-0.39, 0.29) is 0 Å². The number of hydrogen-bond donors (Lipinski definition) is 1. The molecule has 0 spiro atoms. The van der Waals surface area contributed by atoms with Crippen molar-refractivity contribution in [2.45, 2.75) is 13.3 Å². The quantitative estimate of drug-likeness (QED) is 0.445. The Hall–Kier alpha value is -0.560. The fourth-order valence-corrected chi connectivity index (χ4v) is 0.790. The van der Waals surface area contributed by atoms with E-state index in [1.165, 1.54) is 0 Å². The highest BCUT2D eigenvalue weighted by atomic mass is 16.5. The third-order valence-corrected chi connectivity index (χ3v) is 1.46. The maximum atomic E-state index is 5.26. The Kier molecular flexibility index (Phi) is 10.9. The highest BCUT2D eigenvalue weighted by Crippen LogP contribution is 1.76. The zero-order chi connectivity index (χ0) is 9.78. The van der Waals surface area contributed by atoms with Crippen molar-refractivity contribution in [3.63, 3.8) is 0 Å². The van der Waals surface area contributed by atoms with Crippen molar-refractivity contribution < 1.29 is 9.47 Å². The summed E-state index contributed by atoms with van der Waals surface area (Å²) in [6.07, 6.45) is 0.911. The molecule has 0 rings (SSSR count). The summed E-state index contributed by atoms with van der Waals surface area (Å²) in [5, 5.41) is 3.23. The average molecular weight is 185 g/mol. The lowest BCUT2D eigenvalue weighted by Gasteiger charge is -2.03. The summed E-state index contributed by atoms with van der Waals surface area (Å²) in [6.45, 7) is 5.76. The minimum absolute atomic E-state index is 0.668. The Balaban J connectivity index is 2.86. The topological polar surface area (TPSA) is 30.5 Å². The molecule has 0 aliphatic carbocycles. The second kappa shape index (κ2) is 11.4. The SMILES string of the molecule is CC#CCCNCCOCCOC. The number of ether oxygens (including phenoxy) is 2. The van der Waals surface area contributed by atoms with Crippen LogP contribution < -0.4 is 5.32 Å². The van der Waals surface area contributed by atoms with Crippen LogP contribution in [0.1, 0.15) is 13.3 Å². The Bertz CT molecular complexity index is 149. The third-order valence-electron chi connectivity index (χ3n) is 1.46. The number of hydrogen-bond acceptors (Lipinski definition) is 3. The van der Waals surface area contributed by atoms with Crippen LogP contribution in [0.3, 0.4) is 0 Å². The molecule has 76 valence electrons. The maximum Gasteiger partial charge on any atom is 0.0700 e. The van der Waals surface area contributed by atoms with Crippen molar-refractivity contribution in [3.05, 3.63) is 0 Å². The summed E-state index contributed by atoms with van der Waals surface area (Å²) in [5.41, 5.74) is 0. The van der Waals surface area contributed by atoms with Gasteiger partial charge in [0.1, 0.15) is 0 Å². The second-order valence-electron chi connectivity index (χ2n) is 2.53. The van der Waals surface area contributed by atoms with Crippen molar-refractivity contribution >= 4 is 0 Å². The number of rotatable bonds is 8. The van der Waals surface area contributed by atoms with E-state index in [4.69, 9.17) is 9.47 Å². The van der Waals surface area contributed by atoms with Gasteiger partial charge in [0, 0.05) is 26.6 Å². The zero-order valence-electron chi connectivity index (χ0n) is 8.56. The molecule has 0 atom stereocenters. The summed E-state index contributed by atoms with van der Waals surface area (Å²) in [4.78, 5) is 0. The highest BCUT2D eigenvalue weighted by Gasteiger charge is 1.87. The summed E-state index contributed by atoms with van der Waals surface area (Å²) in [5.74, 6) is 5.83. The van der Waals surface area contributed by atoms with Crippen molar-refractivity contribution in [2.75, 3.05) is 40.0 Å². The van der Waals surface area contributed by atoms with Gasteiger partial charge in [-0.05, 0) is 6.92 Å². The minimum atomic E-state index is 0.668. The van der Waals surface area contributed by atoms with Crippen molar-refractivity contribution in [1.82, 2.24) is 5.32 Å². The van der Waals surface area contributed by atoms with Crippen molar-refractivity contribution in [3.8, 4) is 11.8 Å². The molecule has 0 aromatic carbocycles. The Morgan fingerprint density at radius 3 is 2.69 bits per heavy atom. The summed E-state index contributed by atoms with van der Waals surface area (Å²) < 4.78 is 10.1. The molecule has 0 radical (unpaired) electrons. The van der Waals surface area contributed by atoms with Gasteiger partial charge in [-0.25, -0.2) is 0 Å². The van der Waals surface area contributed by atoms with Crippen LogP contribution in [0.5, 0.6) is 0 Å². The molecule has 0 aliphatic heterocycles. The molecule has 0 heterocycles. The van der Waals surface area contributed by atoms with Crippen LogP contribution in [0.15, 0.2) is 0 Å². The smallest absolute Gasteiger partial charge is 0.0700 e. The van der Waals surface area contributed by atoms with E-state index in [1.54, 1.807) is 7.11 Å². The highest BCUT2D eigenvalue weighted by molar-refractivity contribution is 4.94. The first kappa shape index (κ1) is 12.4. The van der Waals surface area contributed by atoms with Crippen LogP contribution in [-0.2, 0) is 9.47 Å². The van der Waals surface area contributed by atoms with Crippen molar-refractivity contribution in [1.29, 1.82) is 0 Å². The fourth-order valence-electron chi connectivity index (χ4n) is 0.790. The summed E-state index contributed by atoms with van der Waals surface area (Å²) in [7, 11) is 1.67. The van der Waals surface area contributed by atoms with Gasteiger partial charge in [-0.1, -0.05) is 0 Å². The molecule has 0 aromatic heterocycles. The molecular weight excluding hydrogens is 166 g/mol. The van der Waals surface area contributed by atoms with Crippen LogP contribution >= 0.6 is 0 Å². The molecule has 0 aromatic rings. The molecule has 0 aliphatic rings. The van der Waals surface area contributed by atoms with E-state index in [1.807, 2.05) is 6.92 Å². The van der Waals surface area contributed by atoms with Gasteiger partial charge in [-0.3, -0.25) is 0 Å². The lowest BCUT2D eigenvalue weighted by atomic mass is 10.4. The monoisotopic (exact) mass is 185 g/mol. The molecule has 0 amide bonds. The average Bonchev–Trinajstić information content (AvgIpc) is 2.16. The first-order valence-electron chi connectivity index (χ1n) is 4.58. The van der Waals surface area contributed by atoms with Crippen molar-refractivity contribution in [2.24, 2.45) is 0 Å². The molecule has 13 heavy (non-hydrogen) atoms. The maximum absolute atomic E-state index is 5.26. The van der Waals surface area contributed by atoms with Gasteiger partial charge in [-0.15, -0.1) is 11.8 Å². The zero-order valence-corrected chi connectivity index (χ0v) is 8.56. The Morgan fingerprint density at radius 1 is 1.15 bits per heavy atom. The molecule has 0 saturated carbocycles. The van der Waals surface area contributed by atoms with Crippen LogP contribution in [0, 0.1) is 11.8 Å². The third kappa shape index (κ3) is 11.4. The normalized spacial score (nSPS) is 9.38. The van der Waals surface area contributed by atoms with E-state index in [0.29, 0.717) is 13.2 Å². The van der Waals surface area contributed by atoms with Crippen LogP contribution in [0.25, 0.3) is 0 Å². The predicted octanol–water partition coefficient (Wildman–Crippen LogP) is 0.652. The Morgan fingerprint density at radius 2 is 2.00 bits per heavy atom. The predicted molar refractivity (Wildman–Crippen MR) is 53.6 cm³/mol. The van der Waals surface area contributed by atoms with Gasteiger partial charge in [0.25, 0.3) is 0 Å². The number of nitrogens with one attached hydrogen (secondary N) is 1. The van der Waals surface area contributed by atoms with Crippen LogP contribution in [-0.4, -0.2) is 40.0 Å². The standard InChI is InChI=1S/C10H19NO2/c1-3-4-5-6-11-7-8-13-10-9-12-2/h11H,5-10H2,1-2H3. The van der Waals surface area contributed by atoms with Gasteiger partial charge in [0.15, 0.2) is 0 Å². The Labute approximate surface area is 80.8 Å². The molecule has 0 saturated heterocycles.